The van der Waals surface area contributed by atoms with Gasteiger partial charge in [0.1, 0.15) is 11.5 Å². The van der Waals surface area contributed by atoms with E-state index in [4.69, 9.17) is 10.2 Å². The Morgan fingerprint density at radius 1 is 0.564 bits per heavy atom. The molecule has 0 aliphatic rings. The van der Waals surface area contributed by atoms with Crippen molar-refractivity contribution in [3.8, 4) is 11.5 Å². The minimum atomic E-state index is -4.47. The first-order valence-corrected chi connectivity index (χ1v) is 11.5. The standard InChI is InChI=1S/2C8H11.2C7H5F3O.Zr/c2*1-6-4-7(2)8(3)5-6;2*8-7(9,10)5-3-1-2-4-6(5)11;/h2*4-5H,1-3H3;2*1-4,11H;/q2*-1;;;+2. The van der Waals surface area contributed by atoms with E-state index in [2.05, 4.69) is 65.8 Å². The second-order valence-corrected chi connectivity index (χ2v) is 8.83. The van der Waals surface area contributed by atoms with Gasteiger partial charge in [-0.05, 0) is 24.3 Å². The van der Waals surface area contributed by atoms with E-state index in [1.165, 1.54) is 57.6 Å². The van der Waals surface area contributed by atoms with Crippen molar-refractivity contribution in [1.82, 2.24) is 0 Å². The number of hydrogen-bond donors (Lipinski definition) is 2. The third-order valence-corrected chi connectivity index (χ3v) is 5.44. The molecule has 0 bridgehead atoms. The van der Waals surface area contributed by atoms with Crippen molar-refractivity contribution in [3.63, 3.8) is 0 Å². The van der Waals surface area contributed by atoms with Crippen molar-refractivity contribution < 1.29 is 62.8 Å². The Balaban J connectivity index is 0.000000495. The fourth-order valence-electron chi connectivity index (χ4n) is 3.33. The predicted molar refractivity (Wildman–Crippen MR) is 139 cm³/mol. The number of para-hydroxylation sites is 2. The minimum Gasteiger partial charge on any atom is -0.507 e. The number of hydrogen-bond acceptors (Lipinski definition) is 2. The molecule has 0 aliphatic carbocycles. The van der Waals surface area contributed by atoms with Crippen molar-refractivity contribution in [2.75, 3.05) is 0 Å². The van der Waals surface area contributed by atoms with E-state index in [1.54, 1.807) is 0 Å². The molecule has 0 saturated heterocycles. The van der Waals surface area contributed by atoms with E-state index in [0.29, 0.717) is 0 Å². The molecule has 0 aromatic heterocycles. The van der Waals surface area contributed by atoms with E-state index in [1.807, 2.05) is 0 Å². The van der Waals surface area contributed by atoms with Crippen molar-refractivity contribution in [3.05, 3.63) is 117 Å². The summed E-state index contributed by atoms with van der Waals surface area (Å²) in [5.41, 5.74) is 6.37. The second-order valence-electron chi connectivity index (χ2n) is 8.83. The maximum atomic E-state index is 11.9. The van der Waals surface area contributed by atoms with E-state index in [0.717, 1.165) is 24.3 Å². The monoisotopic (exact) mass is 628 g/mol. The number of phenolic OH excluding ortho intramolecular Hbond substituents is 2. The first-order chi connectivity index (χ1) is 17.4. The molecule has 2 nitrogen and oxygen atoms in total. The summed E-state index contributed by atoms with van der Waals surface area (Å²) in [6.07, 6.45) is -8.93. The fraction of sp³-hybridized carbons (Fsp3) is 0.267. The molecule has 0 heterocycles. The topological polar surface area (TPSA) is 40.5 Å². The number of aryl methyl sites for hydroxylation is 6. The van der Waals surface area contributed by atoms with Gasteiger partial charge in [-0.25, -0.2) is 23.3 Å². The zero-order valence-electron chi connectivity index (χ0n) is 22.6. The van der Waals surface area contributed by atoms with Crippen LogP contribution in [-0.4, -0.2) is 10.2 Å². The van der Waals surface area contributed by atoms with Crippen LogP contribution in [0.3, 0.4) is 0 Å². The van der Waals surface area contributed by atoms with Crippen molar-refractivity contribution in [2.45, 2.75) is 53.9 Å². The summed E-state index contributed by atoms with van der Waals surface area (Å²) in [7, 11) is 0. The van der Waals surface area contributed by atoms with Crippen LogP contribution in [0.2, 0.25) is 0 Å². The Bertz CT molecular complexity index is 1140. The van der Waals surface area contributed by atoms with Gasteiger partial charge in [0.2, 0.25) is 0 Å². The quantitative estimate of drug-likeness (QED) is 0.150. The second kappa shape index (κ2) is 15.7. The van der Waals surface area contributed by atoms with Crippen LogP contribution < -0.4 is 0 Å². The molecule has 4 aromatic rings. The molecule has 4 aromatic carbocycles. The van der Waals surface area contributed by atoms with Gasteiger partial charge < -0.3 is 10.2 Å². The Kier molecular flexibility index (Phi) is 14.6. The van der Waals surface area contributed by atoms with Gasteiger partial charge in [0.25, 0.3) is 0 Å². The predicted octanol–water partition coefficient (Wildman–Crippen LogP) is 9.48. The van der Waals surface area contributed by atoms with E-state index in [9.17, 15) is 26.3 Å². The van der Waals surface area contributed by atoms with Gasteiger partial charge in [0.15, 0.2) is 0 Å². The molecule has 4 rings (SSSR count). The smallest absolute Gasteiger partial charge is 0.507 e. The van der Waals surface area contributed by atoms with Crippen LogP contribution in [0.15, 0.2) is 72.8 Å². The molecule has 210 valence electrons. The molecule has 0 aliphatic heterocycles. The summed E-state index contributed by atoms with van der Waals surface area (Å²) < 4.78 is 71.3. The van der Waals surface area contributed by atoms with E-state index >= 15 is 0 Å². The van der Waals surface area contributed by atoms with Crippen LogP contribution in [0.1, 0.15) is 44.5 Å². The molecule has 39 heavy (non-hydrogen) atoms. The first-order valence-electron chi connectivity index (χ1n) is 11.5. The molecule has 0 amide bonds. The van der Waals surface area contributed by atoms with Gasteiger partial charge in [-0.15, -0.1) is 0 Å². The zero-order valence-corrected chi connectivity index (χ0v) is 25.0. The third-order valence-electron chi connectivity index (χ3n) is 5.44. The minimum absolute atomic E-state index is 0. The maximum absolute atomic E-state index is 11.9. The maximum Gasteiger partial charge on any atom is 2.00 e. The summed E-state index contributed by atoms with van der Waals surface area (Å²) >= 11 is 0. The van der Waals surface area contributed by atoms with Crippen molar-refractivity contribution in [1.29, 1.82) is 0 Å². The SMILES string of the molecule is Cc1cc(C)[c-](C)c1.Cc1cc(C)[c-](C)c1.Oc1ccccc1C(F)(F)F.Oc1ccccc1C(F)(F)F.[Zr+2]. The molecule has 0 spiro atoms. The van der Waals surface area contributed by atoms with Gasteiger partial charge in [0.05, 0.1) is 11.1 Å². The average molecular weight is 630 g/mol. The zero-order chi connectivity index (χ0) is 29.3. The molecular weight excluding hydrogens is 598 g/mol. The number of halogens is 6. The van der Waals surface area contributed by atoms with E-state index in [-0.39, 0.29) is 26.2 Å². The van der Waals surface area contributed by atoms with Crippen LogP contribution in [0.25, 0.3) is 0 Å². The molecule has 0 radical (unpaired) electrons. The fourth-order valence-corrected chi connectivity index (χ4v) is 3.33. The number of rotatable bonds is 0. The Morgan fingerprint density at radius 3 is 0.974 bits per heavy atom. The van der Waals surface area contributed by atoms with Crippen LogP contribution >= 0.6 is 0 Å². The molecule has 0 fully saturated rings. The summed E-state index contributed by atoms with van der Waals surface area (Å²) in [6.45, 7) is 12.8. The van der Waals surface area contributed by atoms with Crippen LogP contribution in [0.5, 0.6) is 11.5 Å². The van der Waals surface area contributed by atoms with E-state index < -0.39 is 35.0 Å². The summed E-state index contributed by atoms with van der Waals surface area (Å²) in [4.78, 5) is 0. The van der Waals surface area contributed by atoms with Gasteiger partial charge >= 0.3 is 38.6 Å². The van der Waals surface area contributed by atoms with Gasteiger partial charge in [-0.2, -0.15) is 60.7 Å². The number of aromatic hydroxyl groups is 2. The summed E-state index contributed by atoms with van der Waals surface area (Å²) in [5.74, 6) is -1.47. The Labute approximate surface area is 244 Å². The molecular formula is C30H32F6O2Zr. The summed E-state index contributed by atoms with van der Waals surface area (Å²) in [5, 5.41) is 17.5. The van der Waals surface area contributed by atoms with Crippen LogP contribution in [0.4, 0.5) is 26.3 Å². The number of phenols is 2. The van der Waals surface area contributed by atoms with Crippen molar-refractivity contribution in [2.24, 2.45) is 0 Å². The van der Waals surface area contributed by atoms with Crippen LogP contribution in [0, 0.1) is 41.5 Å². The average Bonchev–Trinajstić information content (AvgIpc) is 3.25. The van der Waals surface area contributed by atoms with Gasteiger partial charge in [0, 0.05) is 0 Å². The molecule has 9 heteroatoms. The third kappa shape index (κ3) is 12.7. The molecule has 0 saturated carbocycles. The van der Waals surface area contributed by atoms with Gasteiger partial charge in [-0.3, -0.25) is 0 Å². The molecule has 0 unspecified atom stereocenters. The largest absolute Gasteiger partial charge is 2.00 e. The number of alkyl halides is 6. The van der Waals surface area contributed by atoms with Crippen LogP contribution in [-0.2, 0) is 38.6 Å². The van der Waals surface area contributed by atoms with Gasteiger partial charge in [-0.1, -0.05) is 65.8 Å². The Morgan fingerprint density at radius 2 is 0.846 bits per heavy atom. The van der Waals surface area contributed by atoms with Crippen molar-refractivity contribution >= 4 is 0 Å². The number of benzene rings is 2. The summed E-state index contributed by atoms with van der Waals surface area (Å²) in [6, 6.07) is 17.6. The normalized spacial score (nSPS) is 10.6. The Hall–Kier alpha value is -2.80. The first kappa shape index (κ1) is 36.2. The molecule has 0 atom stereocenters. The molecule has 2 N–H and O–H groups in total.